The summed E-state index contributed by atoms with van der Waals surface area (Å²) in [7, 11) is -3.76. The van der Waals surface area contributed by atoms with Crippen molar-refractivity contribution in [2.24, 2.45) is 5.14 Å². The minimum Gasteiger partial charge on any atom is -0.325 e. The molecule has 1 heterocycles. The van der Waals surface area contributed by atoms with Crippen LogP contribution in [0.15, 0.2) is 64.6 Å². The van der Waals surface area contributed by atoms with Gasteiger partial charge >= 0.3 is 0 Å². The second-order valence-electron chi connectivity index (χ2n) is 6.68. The number of aromatic nitrogens is 3. The number of sulfonamides is 1. The molecule has 150 valence electrons. The Bertz CT molecular complexity index is 1120. The lowest BCUT2D eigenvalue weighted by Crippen LogP contribution is -2.15. The SMILES string of the molecule is NS(=O)(=O)c1ccc(NC(=O)CSc2nc(C3CC3)n(-c3ccccc3)n2)cc1. The summed E-state index contributed by atoms with van der Waals surface area (Å²) in [5.74, 6) is 1.25. The van der Waals surface area contributed by atoms with E-state index >= 15 is 0 Å². The van der Waals surface area contributed by atoms with Crippen molar-refractivity contribution in [1.29, 1.82) is 0 Å². The first-order valence-electron chi connectivity index (χ1n) is 8.98. The Kier molecular flexibility index (Phi) is 5.39. The first kappa shape index (κ1) is 19.6. The molecule has 8 nitrogen and oxygen atoms in total. The molecule has 3 N–H and O–H groups in total. The number of carbonyl (C=O) groups excluding carboxylic acids is 1. The maximum atomic E-state index is 12.2. The number of anilines is 1. The van der Waals surface area contributed by atoms with Gasteiger partial charge in [-0.05, 0) is 49.2 Å². The molecule has 1 aliphatic carbocycles. The van der Waals surface area contributed by atoms with E-state index in [1.54, 1.807) is 0 Å². The molecular formula is C19H19N5O3S2. The number of nitrogens with two attached hydrogens (primary N) is 1. The van der Waals surface area contributed by atoms with Gasteiger partial charge in [0.15, 0.2) is 0 Å². The summed E-state index contributed by atoms with van der Waals surface area (Å²) in [6.07, 6.45) is 2.20. The molecule has 0 radical (unpaired) electrons. The van der Waals surface area contributed by atoms with E-state index in [1.807, 2.05) is 35.0 Å². The molecule has 1 amide bonds. The third-order valence-electron chi connectivity index (χ3n) is 4.35. The second-order valence-corrected chi connectivity index (χ2v) is 9.18. The summed E-state index contributed by atoms with van der Waals surface area (Å²) in [5, 5.41) is 12.9. The molecule has 10 heteroatoms. The Hall–Kier alpha value is -2.69. The lowest BCUT2D eigenvalue weighted by atomic mass is 10.3. The largest absolute Gasteiger partial charge is 0.325 e. The number of hydrogen-bond acceptors (Lipinski definition) is 6. The van der Waals surface area contributed by atoms with Crippen LogP contribution < -0.4 is 10.5 Å². The summed E-state index contributed by atoms with van der Waals surface area (Å²) in [4.78, 5) is 16.9. The Morgan fingerprint density at radius 2 is 1.83 bits per heavy atom. The molecule has 0 saturated heterocycles. The molecule has 1 saturated carbocycles. The number of benzene rings is 2. The van der Waals surface area contributed by atoms with Crippen LogP contribution in [-0.4, -0.2) is 34.8 Å². The molecule has 29 heavy (non-hydrogen) atoms. The normalized spacial score (nSPS) is 14.0. The van der Waals surface area contributed by atoms with Crippen molar-refractivity contribution in [3.8, 4) is 5.69 Å². The molecular weight excluding hydrogens is 410 g/mol. The van der Waals surface area contributed by atoms with Crippen LogP contribution >= 0.6 is 11.8 Å². The first-order valence-corrected chi connectivity index (χ1v) is 11.5. The average molecular weight is 430 g/mol. The van der Waals surface area contributed by atoms with Gasteiger partial charge < -0.3 is 5.32 Å². The van der Waals surface area contributed by atoms with Gasteiger partial charge in [0.1, 0.15) is 5.82 Å². The lowest BCUT2D eigenvalue weighted by molar-refractivity contribution is -0.113. The number of amides is 1. The van der Waals surface area contributed by atoms with Crippen LogP contribution in [0, 0.1) is 0 Å². The van der Waals surface area contributed by atoms with Crippen molar-refractivity contribution in [3.63, 3.8) is 0 Å². The summed E-state index contributed by atoms with van der Waals surface area (Å²) in [6, 6.07) is 15.5. The predicted octanol–water partition coefficient (Wildman–Crippen LogP) is 2.52. The quantitative estimate of drug-likeness (QED) is 0.557. The van der Waals surface area contributed by atoms with Crippen LogP contribution in [0.3, 0.4) is 0 Å². The van der Waals surface area contributed by atoms with E-state index in [1.165, 1.54) is 36.0 Å². The molecule has 1 aromatic heterocycles. The second kappa shape index (κ2) is 7.97. The number of primary sulfonamides is 1. The molecule has 3 aromatic rings. The number of nitrogens with one attached hydrogen (secondary N) is 1. The van der Waals surface area contributed by atoms with Crippen molar-refractivity contribution in [1.82, 2.24) is 14.8 Å². The molecule has 0 atom stereocenters. The maximum Gasteiger partial charge on any atom is 0.238 e. The zero-order valence-electron chi connectivity index (χ0n) is 15.4. The molecule has 1 fully saturated rings. The number of rotatable bonds is 7. The Labute approximate surface area is 172 Å². The number of para-hydroxylation sites is 1. The predicted molar refractivity (Wildman–Crippen MR) is 111 cm³/mol. The van der Waals surface area contributed by atoms with Gasteiger partial charge in [-0.2, -0.15) is 0 Å². The van der Waals surface area contributed by atoms with E-state index in [0.717, 1.165) is 24.4 Å². The monoisotopic (exact) mass is 429 g/mol. The Balaban J connectivity index is 1.41. The highest BCUT2D eigenvalue weighted by atomic mass is 32.2. The molecule has 0 spiro atoms. The molecule has 2 aromatic carbocycles. The van der Waals surface area contributed by atoms with Gasteiger partial charge in [0, 0.05) is 11.6 Å². The van der Waals surface area contributed by atoms with Gasteiger partial charge in [0.05, 0.1) is 16.3 Å². The third-order valence-corrected chi connectivity index (χ3v) is 6.12. The fraction of sp³-hybridized carbons (Fsp3) is 0.211. The van der Waals surface area contributed by atoms with E-state index in [2.05, 4.69) is 15.4 Å². The Morgan fingerprint density at radius 3 is 2.45 bits per heavy atom. The van der Waals surface area contributed by atoms with Crippen LogP contribution in [0.4, 0.5) is 5.69 Å². The van der Waals surface area contributed by atoms with Gasteiger partial charge in [-0.1, -0.05) is 30.0 Å². The number of carbonyl (C=O) groups is 1. The minimum atomic E-state index is -3.76. The average Bonchev–Trinajstić information content (AvgIpc) is 3.46. The maximum absolute atomic E-state index is 12.2. The van der Waals surface area contributed by atoms with Crippen LogP contribution in [0.2, 0.25) is 0 Å². The van der Waals surface area contributed by atoms with Crippen LogP contribution in [0.25, 0.3) is 5.69 Å². The van der Waals surface area contributed by atoms with Gasteiger partial charge in [0.25, 0.3) is 0 Å². The summed E-state index contributed by atoms with van der Waals surface area (Å²) in [6.45, 7) is 0. The van der Waals surface area contributed by atoms with Gasteiger partial charge in [-0.25, -0.2) is 23.2 Å². The van der Waals surface area contributed by atoms with E-state index < -0.39 is 10.0 Å². The van der Waals surface area contributed by atoms with Gasteiger partial charge in [0.2, 0.25) is 21.1 Å². The zero-order chi connectivity index (χ0) is 20.4. The fourth-order valence-electron chi connectivity index (χ4n) is 2.79. The van der Waals surface area contributed by atoms with Crippen molar-refractivity contribution < 1.29 is 13.2 Å². The van der Waals surface area contributed by atoms with Gasteiger partial charge in [-0.15, -0.1) is 5.10 Å². The lowest BCUT2D eigenvalue weighted by Gasteiger charge is -2.05. The molecule has 1 aliphatic rings. The topological polar surface area (TPSA) is 120 Å². The van der Waals surface area contributed by atoms with E-state index in [-0.39, 0.29) is 16.6 Å². The molecule has 0 bridgehead atoms. The number of thioether (sulfide) groups is 1. The zero-order valence-corrected chi connectivity index (χ0v) is 17.0. The molecule has 4 rings (SSSR count). The van der Waals surface area contributed by atoms with E-state index in [9.17, 15) is 13.2 Å². The van der Waals surface area contributed by atoms with E-state index in [4.69, 9.17) is 5.14 Å². The third kappa shape index (κ3) is 4.84. The van der Waals surface area contributed by atoms with Crippen molar-refractivity contribution in [2.75, 3.05) is 11.1 Å². The van der Waals surface area contributed by atoms with E-state index in [0.29, 0.717) is 16.8 Å². The van der Waals surface area contributed by atoms with Gasteiger partial charge in [-0.3, -0.25) is 4.79 Å². The van der Waals surface area contributed by atoms with Crippen LogP contribution in [0.5, 0.6) is 0 Å². The van der Waals surface area contributed by atoms with Crippen molar-refractivity contribution >= 4 is 33.4 Å². The molecule has 0 aliphatic heterocycles. The first-order chi connectivity index (χ1) is 13.9. The Morgan fingerprint density at radius 1 is 1.14 bits per heavy atom. The van der Waals surface area contributed by atoms with Crippen LogP contribution in [0.1, 0.15) is 24.6 Å². The highest BCUT2D eigenvalue weighted by Crippen LogP contribution is 2.40. The highest BCUT2D eigenvalue weighted by Gasteiger charge is 2.30. The fourth-order valence-corrected chi connectivity index (χ4v) is 3.93. The number of hydrogen-bond donors (Lipinski definition) is 2. The number of nitrogens with zero attached hydrogens (tertiary/aromatic N) is 3. The van der Waals surface area contributed by atoms with Crippen molar-refractivity contribution in [3.05, 3.63) is 60.4 Å². The summed E-state index contributed by atoms with van der Waals surface area (Å²) in [5.41, 5.74) is 1.44. The van der Waals surface area contributed by atoms with Crippen LogP contribution in [-0.2, 0) is 14.8 Å². The summed E-state index contributed by atoms with van der Waals surface area (Å²) >= 11 is 1.26. The minimum absolute atomic E-state index is 0.00636. The standard InChI is InChI=1S/C19H19N5O3S2/c20-29(26,27)16-10-8-14(9-11-16)21-17(25)12-28-19-22-18(13-6-7-13)24(23-19)15-4-2-1-3-5-15/h1-5,8-11,13H,6-7,12H2,(H,21,25)(H2,20,26,27). The smallest absolute Gasteiger partial charge is 0.238 e. The molecule has 0 unspecified atom stereocenters. The summed E-state index contributed by atoms with van der Waals surface area (Å²) < 4.78 is 24.4. The highest BCUT2D eigenvalue weighted by molar-refractivity contribution is 7.99. The van der Waals surface area contributed by atoms with Crippen molar-refractivity contribution in [2.45, 2.75) is 28.8 Å².